The van der Waals surface area contributed by atoms with Crippen LogP contribution >= 0.6 is 0 Å². The summed E-state index contributed by atoms with van der Waals surface area (Å²) < 4.78 is 5.96. The Hall–Kier alpha value is -6.51. The van der Waals surface area contributed by atoms with E-state index in [1.54, 1.807) is 92.1 Å². The number of carbonyl (C=O) groups excluding carboxylic acids is 1. The summed E-state index contributed by atoms with van der Waals surface area (Å²) in [6.45, 7) is 8.02. The third-order valence-corrected chi connectivity index (χ3v) is 19.9. The number of ether oxygens (including phenoxy) is 1. The average Bonchev–Trinajstić information content (AvgIpc) is 3.93. The standard InChI is InChI=1S/C61H38O2/c1-3-24-7-11-26(12-8-24)61(23-5-6-36(62)63-27-13-9-25(4-2)10-14-27)59-45-34-21-19-32-30-17-15-28-29-16-18-31-33-20-22-35-44-42(33)49-40(31)38(29)47-37(28)39(30)48-41(32)43(34)50-52(45)53(46(35)60(59)61)51(44)58-56(49)54(47)55(48)57(50)58/h3-4,7-22,28-30,32,37-39,41,59-60H,1-2,5-6,23H2. The van der Waals surface area contributed by atoms with Gasteiger partial charge in [0, 0.05) is 35.5 Å². The minimum Gasteiger partial charge on any atom is -0.427 e. The first-order valence-electron chi connectivity index (χ1n) is 23.7. The molecule has 2 nitrogen and oxygen atoms in total. The van der Waals surface area contributed by atoms with Gasteiger partial charge in [0.2, 0.25) is 0 Å². The summed E-state index contributed by atoms with van der Waals surface area (Å²) in [4.78, 5) is 13.7. The largest absolute Gasteiger partial charge is 0.427 e. The Bertz CT molecular complexity index is 4080. The third kappa shape index (κ3) is 2.84. The van der Waals surface area contributed by atoms with Crippen LogP contribution < -0.4 is 15.2 Å². The molecular formula is C61H38O2. The molecule has 0 bridgehead atoms. The fraction of sp³-hybridized carbons (Fsp3) is 0.230. The van der Waals surface area contributed by atoms with Gasteiger partial charge >= 0.3 is 5.97 Å². The monoisotopic (exact) mass is 802 g/mol. The maximum atomic E-state index is 13.7. The van der Waals surface area contributed by atoms with Crippen LogP contribution in [0.2, 0.25) is 0 Å². The zero-order valence-electron chi connectivity index (χ0n) is 34.5. The lowest BCUT2D eigenvalue weighted by molar-refractivity contribution is -0.134. The number of carbonyl (C=O) groups is 1. The van der Waals surface area contributed by atoms with E-state index in [0.717, 1.165) is 24.0 Å². The van der Waals surface area contributed by atoms with E-state index in [-0.39, 0.29) is 11.4 Å². The number of hydrogen-bond donors (Lipinski definition) is 0. The molecule has 3 saturated carbocycles. The number of fused-ring (bicyclic) bond motifs is 8. The maximum absolute atomic E-state index is 13.7. The summed E-state index contributed by atoms with van der Waals surface area (Å²) in [5, 5.41) is 22.6. The summed E-state index contributed by atoms with van der Waals surface area (Å²) in [6, 6.07) is 22.2. The molecule has 2 heteroatoms. The Morgan fingerprint density at radius 3 is 1.81 bits per heavy atom. The SMILES string of the molecule is C=Cc1ccc(OC(=O)CCCC2(c3ccc(C=C)cc3)C3c4c5c6c7c4c4c(c8ccc9c%10c%11c%12c%13c%14c(c7c%13c4c8c9%12)=C4C6C(C=C5)C5C=CC6C(C=C%10)C%11C=%14C6C45)C32)cc1. The van der Waals surface area contributed by atoms with Crippen molar-refractivity contribution in [2.75, 3.05) is 0 Å². The molecule has 0 amide bonds. The van der Waals surface area contributed by atoms with Gasteiger partial charge in [0.25, 0.3) is 0 Å². The van der Waals surface area contributed by atoms with E-state index in [2.05, 4.69) is 86.0 Å². The van der Waals surface area contributed by atoms with E-state index in [1.807, 2.05) is 47.6 Å². The summed E-state index contributed by atoms with van der Waals surface area (Å²) >= 11 is 0. The van der Waals surface area contributed by atoms with Crippen molar-refractivity contribution >= 4 is 106 Å². The molecule has 0 aromatic heterocycles. The fourth-order valence-corrected chi connectivity index (χ4v) is 18.4. The van der Waals surface area contributed by atoms with Gasteiger partial charge in [-0.15, -0.1) is 0 Å². The molecule has 19 rings (SSSR count). The maximum Gasteiger partial charge on any atom is 0.311 e. The molecule has 0 spiro atoms. The van der Waals surface area contributed by atoms with Crippen LogP contribution in [0.5, 0.6) is 5.75 Å². The Balaban J connectivity index is 0.934. The van der Waals surface area contributed by atoms with Crippen LogP contribution in [0.3, 0.4) is 0 Å². The molecule has 9 aromatic rings. The highest BCUT2D eigenvalue weighted by atomic mass is 16.5. The lowest BCUT2D eigenvalue weighted by Crippen LogP contribution is -2.42. The number of rotatable bonds is 8. The van der Waals surface area contributed by atoms with Crippen LogP contribution in [0.25, 0.3) is 100 Å². The second-order valence-electron chi connectivity index (χ2n) is 21.4. The van der Waals surface area contributed by atoms with Crippen LogP contribution in [0.4, 0.5) is 0 Å². The van der Waals surface area contributed by atoms with Gasteiger partial charge in [-0.2, -0.15) is 0 Å². The molecule has 294 valence electrons. The van der Waals surface area contributed by atoms with Gasteiger partial charge < -0.3 is 4.74 Å². The van der Waals surface area contributed by atoms with E-state index in [1.165, 1.54) is 21.9 Å². The van der Waals surface area contributed by atoms with E-state index in [9.17, 15) is 4.79 Å². The first-order valence-corrected chi connectivity index (χ1v) is 23.7. The van der Waals surface area contributed by atoms with Gasteiger partial charge in [-0.3, -0.25) is 4.79 Å². The van der Waals surface area contributed by atoms with Crippen molar-refractivity contribution in [1.82, 2.24) is 0 Å². The smallest absolute Gasteiger partial charge is 0.311 e. The molecule has 0 radical (unpaired) electrons. The van der Waals surface area contributed by atoms with Gasteiger partial charge in [0.1, 0.15) is 5.75 Å². The van der Waals surface area contributed by atoms with Crippen LogP contribution in [0.15, 0.2) is 98.1 Å². The van der Waals surface area contributed by atoms with E-state index in [4.69, 9.17) is 4.74 Å². The molecule has 10 aliphatic carbocycles. The summed E-state index contributed by atoms with van der Waals surface area (Å²) in [5.74, 6) is 5.47. The molecule has 3 fully saturated rings. The van der Waals surface area contributed by atoms with Crippen molar-refractivity contribution in [3.05, 3.63) is 159 Å². The highest BCUT2D eigenvalue weighted by molar-refractivity contribution is 6.50. The van der Waals surface area contributed by atoms with Gasteiger partial charge in [-0.1, -0.05) is 110 Å². The second-order valence-corrected chi connectivity index (χ2v) is 21.4. The van der Waals surface area contributed by atoms with Crippen molar-refractivity contribution < 1.29 is 9.53 Å². The summed E-state index contributed by atoms with van der Waals surface area (Å²) in [7, 11) is 0. The highest BCUT2D eigenvalue weighted by Crippen LogP contribution is 2.81. The molecule has 11 atom stereocenters. The number of hydrogen-bond acceptors (Lipinski definition) is 2. The van der Waals surface area contributed by atoms with Gasteiger partial charge in [0.05, 0.1) is 0 Å². The van der Waals surface area contributed by atoms with E-state index >= 15 is 0 Å². The number of esters is 1. The predicted octanol–water partition coefficient (Wildman–Crippen LogP) is 12.4. The zero-order valence-corrected chi connectivity index (χ0v) is 34.5. The van der Waals surface area contributed by atoms with Crippen LogP contribution in [-0.4, -0.2) is 5.97 Å². The summed E-state index contributed by atoms with van der Waals surface area (Å²) in [5.41, 5.74) is 16.8. The molecule has 10 aliphatic rings. The van der Waals surface area contributed by atoms with E-state index in [0.29, 0.717) is 71.3 Å². The highest BCUT2D eigenvalue weighted by Gasteiger charge is 2.71. The van der Waals surface area contributed by atoms with Gasteiger partial charge in [-0.05, 0) is 197 Å². The molecule has 9 aromatic carbocycles. The Labute approximate surface area is 362 Å². The van der Waals surface area contributed by atoms with Crippen LogP contribution in [-0.2, 0) is 10.2 Å². The lowest BCUT2D eigenvalue weighted by Gasteiger charge is -2.38. The van der Waals surface area contributed by atoms with Crippen molar-refractivity contribution in [3.8, 4) is 5.75 Å². The number of allylic oxidation sites excluding steroid dienone is 4. The summed E-state index contributed by atoms with van der Waals surface area (Å²) in [6.07, 6.45) is 21.9. The molecule has 0 aliphatic heterocycles. The lowest BCUT2D eigenvalue weighted by atomic mass is 9.66. The third-order valence-electron chi connectivity index (χ3n) is 19.9. The molecule has 0 saturated heterocycles. The molecule has 63 heavy (non-hydrogen) atoms. The minimum absolute atomic E-state index is 0.158. The van der Waals surface area contributed by atoms with Crippen molar-refractivity contribution in [1.29, 1.82) is 0 Å². The van der Waals surface area contributed by atoms with Crippen LogP contribution in [0.1, 0.15) is 93.0 Å². The normalized spacial score (nSPS) is 32.3. The van der Waals surface area contributed by atoms with E-state index < -0.39 is 0 Å². The quantitative estimate of drug-likeness (QED) is 0.0662. The Morgan fingerprint density at radius 2 is 1.11 bits per heavy atom. The van der Waals surface area contributed by atoms with Gasteiger partial charge in [-0.25, -0.2) is 0 Å². The Morgan fingerprint density at radius 1 is 0.556 bits per heavy atom. The fourth-order valence-electron chi connectivity index (χ4n) is 18.4. The topological polar surface area (TPSA) is 26.3 Å². The molecule has 0 N–H and O–H groups in total. The first kappa shape index (κ1) is 31.3. The number of benzene rings is 5. The Kier molecular flexibility index (Phi) is 4.67. The van der Waals surface area contributed by atoms with Crippen molar-refractivity contribution in [2.45, 2.75) is 48.3 Å². The molecule has 0 heterocycles. The van der Waals surface area contributed by atoms with Crippen molar-refractivity contribution in [2.24, 2.45) is 35.5 Å². The van der Waals surface area contributed by atoms with Gasteiger partial charge in [0.15, 0.2) is 0 Å². The zero-order chi connectivity index (χ0) is 40.4. The van der Waals surface area contributed by atoms with Crippen molar-refractivity contribution in [3.63, 3.8) is 0 Å². The predicted molar refractivity (Wildman–Crippen MR) is 256 cm³/mol. The average molecular weight is 803 g/mol. The first-order chi connectivity index (χ1) is 31.1. The minimum atomic E-state index is -0.158. The van der Waals surface area contributed by atoms with Crippen LogP contribution in [0, 0.1) is 35.5 Å². The second kappa shape index (κ2) is 9.39. The molecular weight excluding hydrogens is 765 g/mol. The molecule has 11 unspecified atom stereocenters.